The molecule has 0 aliphatic rings. The van der Waals surface area contributed by atoms with E-state index >= 15 is 0 Å². The molecule has 0 spiro atoms. The summed E-state index contributed by atoms with van der Waals surface area (Å²) < 4.78 is 5.78. The summed E-state index contributed by atoms with van der Waals surface area (Å²) in [4.78, 5) is 27.4. The number of hydrogen-bond donors (Lipinski definition) is 1. The van der Waals surface area contributed by atoms with E-state index in [1.54, 1.807) is 11.8 Å². The second-order valence-corrected chi connectivity index (χ2v) is 9.89. The average molecular weight is 439 g/mol. The molecule has 0 radical (unpaired) electrons. The van der Waals surface area contributed by atoms with Crippen LogP contribution in [0.1, 0.15) is 58.2 Å². The molecule has 2 aromatic rings. The zero-order valence-corrected chi connectivity index (χ0v) is 20.6. The lowest BCUT2D eigenvalue weighted by atomic mass is 9.87. The number of benzene rings is 2. The molecule has 5 nitrogen and oxygen atoms in total. The van der Waals surface area contributed by atoms with Crippen molar-refractivity contribution in [2.75, 3.05) is 13.2 Å². The van der Waals surface area contributed by atoms with Crippen LogP contribution in [0.4, 0.5) is 0 Å². The quantitative estimate of drug-likeness (QED) is 0.608. The van der Waals surface area contributed by atoms with Gasteiger partial charge in [0, 0.05) is 13.1 Å². The Morgan fingerprint density at radius 3 is 2.25 bits per heavy atom. The zero-order chi connectivity index (χ0) is 23.9. The number of rotatable bonds is 9. The van der Waals surface area contributed by atoms with Gasteiger partial charge in [0.15, 0.2) is 6.61 Å². The Bertz CT molecular complexity index is 898. The molecule has 0 saturated carbocycles. The first-order valence-electron chi connectivity index (χ1n) is 11.3. The third-order valence-corrected chi connectivity index (χ3v) is 5.37. The van der Waals surface area contributed by atoms with Crippen molar-refractivity contribution in [3.05, 3.63) is 65.2 Å². The summed E-state index contributed by atoms with van der Waals surface area (Å²) in [7, 11) is 0. The topological polar surface area (TPSA) is 58.6 Å². The number of nitrogens with one attached hydrogen (secondary N) is 1. The first kappa shape index (κ1) is 25.4. The number of hydrogen-bond acceptors (Lipinski definition) is 3. The van der Waals surface area contributed by atoms with Crippen molar-refractivity contribution in [2.24, 2.45) is 5.92 Å². The van der Waals surface area contributed by atoms with Crippen LogP contribution in [0.3, 0.4) is 0 Å². The Hall–Kier alpha value is -2.82. The van der Waals surface area contributed by atoms with Gasteiger partial charge in [-0.25, -0.2) is 0 Å². The van der Waals surface area contributed by atoms with E-state index in [0.29, 0.717) is 24.8 Å². The van der Waals surface area contributed by atoms with E-state index in [2.05, 4.69) is 26.1 Å². The summed E-state index contributed by atoms with van der Waals surface area (Å²) in [5.74, 6) is 0.595. The Kier molecular flexibility index (Phi) is 8.88. The van der Waals surface area contributed by atoms with Gasteiger partial charge in [0.05, 0.1) is 0 Å². The highest BCUT2D eigenvalue weighted by Crippen LogP contribution is 2.24. The van der Waals surface area contributed by atoms with Crippen LogP contribution in [0.15, 0.2) is 48.5 Å². The summed E-state index contributed by atoms with van der Waals surface area (Å²) in [6.45, 7) is 15.1. The zero-order valence-electron chi connectivity index (χ0n) is 20.6. The lowest BCUT2D eigenvalue weighted by molar-refractivity contribution is -0.142. The minimum Gasteiger partial charge on any atom is -0.484 e. The molecule has 0 bridgehead atoms. The van der Waals surface area contributed by atoms with Gasteiger partial charge in [0.25, 0.3) is 5.91 Å². The Balaban J connectivity index is 2.12. The van der Waals surface area contributed by atoms with Crippen LogP contribution in [-0.2, 0) is 21.5 Å². The van der Waals surface area contributed by atoms with Gasteiger partial charge < -0.3 is 15.0 Å². The number of nitrogens with zero attached hydrogens (tertiary/aromatic N) is 1. The van der Waals surface area contributed by atoms with Crippen LogP contribution < -0.4 is 10.1 Å². The van der Waals surface area contributed by atoms with Gasteiger partial charge in [-0.05, 0) is 48.4 Å². The maximum Gasteiger partial charge on any atom is 0.261 e. The van der Waals surface area contributed by atoms with Gasteiger partial charge in [0.2, 0.25) is 5.91 Å². The van der Waals surface area contributed by atoms with Crippen molar-refractivity contribution < 1.29 is 14.3 Å². The van der Waals surface area contributed by atoms with E-state index in [4.69, 9.17) is 4.74 Å². The number of carbonyl (C=O) groups is 2. The highest BCUT2D eigenvalue weighted by molar-refractivity contribution is 5.88. The maximum absolute atomic E-state index is 13.1. The van der Waals surface area contributed by atoms with Crippen LogP contribution in [-0.4, -0.2) is 35.9 Å². The van der Waals surface area contributed by atoms with E-state index in [-0.39, 0.29) is 23.8 Å². The molecule has 1 N–H and O–H groups in total. The third kappa shape index (κ3) is 7.70. The van der Waals surface area contributed by atoms with Crippen LogP contribution in [0.25, 0.3) is 0 Å². The molecule has 174 valence electrons. The minimum absolute atomic E-state index is 0.0533. The van der Waals surface area contributed by atoms with Crippen molar-refractivity contribution in [2.45, 2.75) is 66.5 Å². The second-order valence-electron chi connectivity index (χ2n) is 9.89. The molecular formula is C27H38N2O3. The lowest BCUT2D eigenvalue weighted by Gasteiger charge is -2.29. The summed E-state index contributed by atoms with van der Waals surface area (Å²) in [6, 6.07) is 15.2. The van der Waals surface area contributed by atoms with Crippen molar-refractivity contribution in [1.82, 2.24) is 10.2 Å². The molecule has 1 atom stereocenters. The first-order chi connectivity index (χ1) is 15.0. The maximum atomic E-state index is 13.1. The molecule has 0 aliphatic heterocycles. The summed E-state index contributed by atoms with van der Waals surface area (Å²) in [5.41, 5.74) is 3.35. The predicted octanol–water partition coefficient (Wildman–Crippen LogP) is 4.86. The SMILES string of the molecule is Cc1cccc(CN(C(=O)COc2ccc(C(C)(C)C)cc2)[C@@H](C)C(=O)NCC(C)C)c1. The monoisotopic (exact) mass is 438 g/mol. The molecule has 2 rings (SSSR count). The molecule has 0 fully saturated rings. The molecule has 0 saturated heterocycles. The Morgan fingerprint density at radius 2 is 1.69 bits per heavy atom. The van der Waals surface area contributed by atoms with E-state index in [1.165, 1.54) is 5.56 Å². The minimum atomic E-state index is -0.603. The smallest absolute Gasteiger partial charge is 0.261 e. The number of aryl methyl sites for hydroxylation is 1. The molecule has 0 heterocycles. The van der Waals surface area contributed by atoms with Crippen molar-refractivity contribution in [1.29, 1.82) is 0 Å². The van der Waals surface area contributed by atoms with Gasteiger partial charge in [-0.1, -0.05) is 76.6 Å². The average Bonchev–Trinajstić information content (AvgIpc) is 2.73. The Morgan fingerprint density at radius 1 is 1.03 bits per heavy atom. The number of amides is 2. The van der Waals surface area contributed by atoms with Crippen molar-refractivity contribution >= 4 is 11.8 Å². The van der Waals surface area contributed by atoms with Gasteiger partial charge in [-0.3, -0.25) is 9.59 Å². The fourth-order valence-electron chi connectivity index (χ4n) is 3.32. The van der Waals surface area contributed by atoms with E-state index in [9.17, 15) is 9.59 Å². The highest BCUT2D eigenvalue weighted by atomic mass is 16.5. The fourth-order valence-corrected chi connectivity index (χ4v) is 3.32. The normalized spacial score (nSPS) is 12.4. The fraction of sp³-hybridized carbons (Fsp3) is 0.481. The van der Waals surface area contributed by atoms with Gasteiger partial charge >= 0.3 is 0 Å². The first-order valence-corrected chi connectivity index (χ1v) is 11.3. The van der Waals surface area contributed by atoms with E-state index < -0.39 is 6.04 Å². The number of carbonyl (C=O) groups excluding carboxylic acids is 2. The molecule has 0 aromatic heterocycles. The number of ether oxygens (including phenoxy) is 1. The van der Waals surface area contributed by atoms with Crippen molar-refractivity contribution in [3.63, 3.8) is 0 Å². The summed E-state index contributed by atoms with van der Waals surface area (Å²) in [6.07, 6.45) is 0. The molecule has 0 unspecified atom stereocenters. The summed E-state index contributed by atoms with van der Waals surface area (Å²) in [5, 5.41) is 2.93. The Labute approximate surface area is 193 Å². The predicted molar refractivity (Wildman–Crippen MR) is 130 cm³/mol. The van der Waals surface area contributed by atoms with Crippen LogP contribution in [0.2, 0.25) is 0 Å². The molecule has 2 aromatic carbocycles. The standard InChI is InChI=1S/C27H38N2O3/c1-19(2)16-28-26(31)21(4)29(17-22-10-8-9-20(3)15-22)25(30)18-32-24-13-11-23(12-14-24)27(5,6)7/h8-15,19,21H,16-18H2,1-7H3,(H,28,31)/t21-/m0/s1. The van der Waals surface area contributed by atoms with Crippen LogP contribution in [0.5, 0.6) is 5.75 Å². The van der Waals surface area contributed by atoms with Gasteiger partial charge in [-0.15, -0.1) is 0 Å². The van der Waals surface area contributed by atoms with Gasteiger partial charge in [-0.2, -0.15) is 0 Å². The highest BCUT2D eigenvalue weighted by Gasteiger charge is 2.26. The third-order valence-electron chi connectivity index (χ3n) is 5.37. The molecule has 5 heteroatoms. The molecule has 0 aliphatic carbocycles. The molecule has 2 amide bonds. The molecule has 32 heavy (non-hydrogen) atoms. The van der Waals surface area contributed by atoms with Gasteiger partial charge in [0.1, 0.15) is 11.8 Å². The molecular weight excluding hydrogens is 400 g/mol. The van der Waals surface area contributed by atoms with E-state index in [0.717, 1.165) is 11.1 Å². The second kappa shape index (κ2) is 11.2. The van der Waals surface area contributed by atoms with E-state index in [1.807, 2.05) is 69.3 Å². The van der Waals surface area contributed by atoms with Crippen LogP contribution >= 0.6 is 0 Å². The van der Waals surface area contributed by atoms with Crippen LogP contribution in [0, 0.1) is 12.8 Å². The largest absolute Gasteiger partial charge is 0.484 e. The lowest BCUT2D eigenvalue weighted by Crippen LogP contribution is -2.49. The van der Waals surface area contributed by atoms with Crippen molar-refractivity contribution in [3.8, 4) is 5.75 Å². The summed E-state index contributed by atoms with van der Waals surface area (Å²) >= 11 is 0.